The Balaban J connectivity index is 1.73. The van der Waals surface area contributed by atoms with Crippen molar-refractivity contribution < 1.29 is 0 Å². The van der Waals surface area contributed by atoms with Crippen molar-refractivity contribution >= 4 is 17.3 Å². The predicted octanol–water partition coefficient (Wildman–Crippen LogP) is 3.51. The van der Waals surface area contributed by atoms with Crippen molar-refractivity contribution in [2.24, 2.45) is 5.73 Å². The van der Waals surface area contributed by atoms with Crippen molar-refractivity contribution in [2.45, 2.75) is 43.8 Å². The molecule has 3 rings (SSSR count). The van der Waals surface area contributed by atoms with Gasteiger partial charge in [0.25, 0.3) is 0 Å². The van der Waals surface area contributed by atoms with Gasteiger partial charge >= 0.3 is 0 Å². The Morgan fingerprint density at radius 2 is 1.46 bits per heavy atom. The van der Waals surface area contributed by atoms with E-state index in [9.17, 15) is 0 Å². The average molecular weight is 340 g/mol. The van der Waals surface area contributed by atoms with Crippen molar-refractivity contribution in [1.82, 2.24) is 10.6 Å². The smallest absolute Gasteiger partial charge is 0.167 e. The van der Waals surface area contributed by atoms with Crippen LogP contribution in [0.5, 0.6) is 0 Å². The van der Waals surface area contributed by atoms with E-state index in [1.165, 1.54) is 24.0 Å². The van der Waals surface area contributed by atoms with E-state index in [0.29, 0.717) is 5.11 Å². The number of hydrogen-bond acceptors (Lipinski definition) is 2. The summed E-state index contributed by atoms with van der Waals surface area (Å²) in [7, 11) is 0. The van der Waals surface area contributed by atoms with E-state index in [1.54, 1.807) is 0 Å². The van der Waals surface area contributed by atoms with E-state index in [0.717, 1.165) is 12.8 Å². The lowest BCUT2D eigenvalue weighted by Gasteiger charge is -2.31. The molecule has 1 fully saturated rings. The second kappa shape index (κ2) is 8.27. The van der Waals surface area contributed by atoms with Crippen LogP contribution in [0.25, 0.3) is 0 Å². The fourth-order valence-electron chi connectivity index (χ4n) is 3.33. The second-order valence-electron chi connectivity index (χ2n) is 6.43. The molecule has 126 valence electrons. The summed E-state index contributed by atoms with van der Waals surface area (Å²) in [5.74, 6) is 0. The normalized spacial score (nSPS) is 20.6. The molecule has 1 aliphatic carbocycles. The fraction of sp³-hybridized carbons (Fsp3) is 0.350. The van der Waals surface area contributed by atoms with Gasteiger partial charge in [-0.2, -0.15) is 0 Å². The highest BCUT2D eigenvalue weighted by Gasteiger charge is 2.23. The first-order valence-corrected chi connectivity index (χ1v) is 9.07. The molecule has 0 bridgehead atoms. The molecule has 3 nitrogen and oxygen atoms in total. The zero-order chi connectivity index (χ0) is 16.8. The highest BCUT2D eigenvalue weighted by atomic mass is 32.1. The first kappa shape index (κ1) is 16.9. The number of hydrogen-bond donors (Lipinski definition) is 3. The maximum absolute atomic E-state index is 6.23. The van der Waals surface area contributed by atoms with Gasteiger partial charge in [0.2, 0.25) is 0 Å². The minimum atomic E-state index is 0.0345. The molecule has 0 unspecified atom stereocenters. The van der Waals surface area contributed by atoms with Gasteiger partial charge in [0, 0.05) is 12.1 Å². The van der Waals surface area contributed by atoms with Crippen LogP contribution in [0.2, 0.25) is 0 Å². The summed E-state index contributed by atoms with van der Waals surface area (Å²) in [4.78, 5) is 0. The van der Waals surface area contributed by atoms with Crippen LogP contribution >= 0.6 is 12.2 Å². The minimum Gasteiger partial charge on any atom is -0.358 e. The van der Waals surface area contributed by atoms with Crippen LogP contribution in [0.15, 0.2) is 60.7 Å². The summed E-state index contributed by atoms with van der Waals surface area (Å²) < 4.78 is 0. The van der Waals surface area contributed by atoms with Gasteiger partial charge in [-0.15, -0.1) is 0 Å². The van der Waals surface area contributed by atoms with Crippen LogP contribution in [0, 0.1) is 0 Å². The van der Waals surface area contributed by atoms with E-state index < -0.39 is 0 Å². The molecule has 0 spiro atoms. The molecule has 24 heavy (non-hydrogen) atoms. The molecule has 1 aliphatic rings. The highest BCUT2D eigenvalue weighted by molar-refractivity contribution is 7.80. The van der Waals surface area contributed by atoms with Gasteiger partial charge < -0.3 is 16.4 Å². The number of rotatable bonds is 4. The third kappa shape index (κ3) is 4.34. The third-order valence-electron chi connectivity index (χ3n) is 4.68. The Hall–Kier alpha value is -1.91. The second-order valence-corrected chi connectivity index (χ2v) is 6.84. The highest BCUT2D eigenvalue weighted by Crippen LogP contribution is 2.22. The van der Waals surface area contributed by atoms with Gasteiger partial charge in [0.1, 0.15) is 0 Å². The molecule has 1 saturated carbocycles. The van der Waals surface area contributed by atoms with Crippen LogP contribution in [-0.4, -0.2) is 17.2 Å². The van der Waals surface area contributed by atoms with Crippen LogP contribution in [0.3, 0.4) is 0 Å². The topological polar surface area (TPSA) is 50.1 Å². The molecule has 2 aromatic carbocycles. The zero-order valence-corrected chi connectivity index (χ0v) is 14.6. The van der Waals surface area contributed by atoms with Crippen LogP contribution in [0.1, 0.15) is 42.9 Å². The SMILES string of the molecule is N[C@H]1CCCC[C@@H]1NC(=S)NC(c1ccccc1)c1ccccc1. The third-order valence-corrected chi connectivity index (χ3v) is 4.91. The monoisotopic (exact) mass is 339 g/mol. The summed E-state index contributed by atoms with van der Waals surface area (Å²) in [5.41, 5.74) is 8.62. The molecule has 4 heteroatoms. The van der Waals surface area contributed by atoms with Crippen molar-refractivity contribution in [3.8, 4) is 0 Å². The van der Waals surface area contributed by atoms with E-state index in [1.807, 2.05) is 12.1 Å². The average Bonchev–Trinajstić information content (AvgIpc) is 2.63. The van der Waals surface area contributed by atoms with Crippen LogP contribution in [-0.2, 0) is 0 Å². The van der Waals surface area contributed by atoms with Gasteiger partial charge in [0.15, 0.2) is 5.11 Å². The zero-order valence-electron chi connectivity index (χ0n) is 13.8. The van der Waals surface area contributed by atoms with Gasteiger partial charge in [-0.25, -0.2) is 0 Å². The Morgan fingerprint density at radius 1 is 0.917 bits per heavy atom. The summed E-state index contributed by atoms with van der Waals surface area (Å²) in [6, 6.07) is 21.3. The molecule has 0 amide bonds. The molecule has 4 N–H and O–H groups in total. The first-order chi connectivity index (χ1) is 11.7. The number of benzene rings is 2. The number of nitrogens with one attached hydrogen (secondary N) is 2. The van der Waals surface area contributed by atoms with Gasteiger partial charge in [-0.1, -0.05) is 73.5 Å². The van der Waals surface area contributed by atoms with E-state index in [2.05, 4.69) is 59.2 Å². The summed E-state index contributed by atoms with van der Waals surface area (Å²) >= 11 is 5.59. The number of thiocarbonyl (C=S) groups is 1. The van der Waals surface area contributed by atoms with Gasteiger partial charge in [-0.05, 0) is 36.2 Å². The number of nitrogens with two attached hydrogens (primary N) is 1. The Kier molecular flexibility index (Phi) is 5.83. The van der Waals surface area contributed by atoms with Crippen molar-refractivity contribution in [1.29, 1.82) is 0 Å². The minimum absolute atomic E-state index is 0.0345. The van der Waals surface area contributed by atoms with E-state index in [-0.39, 0.29) is 18.1 Å². The molecule has 0 aliphatic heterocycles. The van der Waals surface area contributed by atoms with E-state index in [4.69, 9.17) is 18.0 Å². The lowest BCUT2D eigenvalue weighted by atomic mass is 9.91. The molecule has 2 atom stereocenters. The van der Waals surface area contributed by atoms with Crippen molar-refractivity contribution in [3.63, 3.8) is 0 Å². The molecule has 2 aromatic rings. The summed E-state index contributed by atoms with van der Waals surface area (Å²) in [5, 5.41) is 7.59. The van der Waals surface area contributed by atoms with Crippen molar-refractivity contribution in [2.75, 3.05) is 0 Å². The Bertz CT molecular complexity index is 605. The largest absolute Gasteiger partial charge is 0.358 e. The van der Waals surface area contributed by atoms with Gasteiger partial charge in [0.05, 0.1) is 6.04 Å². The molecular formula is C20H25N3S. The molecule has 0 aromatic heterocycles. The predicted molar refractivity (Wildman–Crippen MR) is 104 cm³/mol. The fourth-order valence-corrected chi connectivity index (χ4v) is 3.60. The molecule has 0 radical (unpaired) electrons. The van der Waals surface area contributed by atoms with Gasteiger partial charge in [-0.3, -0.25) is 0 Å². The van der Waals surface area contributed by atoms with Crippen molar-refractivity contribution in [3.05, 3.63) is 71.8 Å². The quantitative estimate of drug-likeness (QED) is 0.746. The Labute approximate surface area is 149 Å². The van der Waals surface area contributed by atoms with E-state index >= 15 is 0 Å². The Morgan fingerprint density at radius 3 is 2.00 bits per heavy atom. The summed E-state index contributed by atoms with van der Waals surface area (Å²) in [6.07, 6.45) is 4.59. The maximum Gasteiger partial charge on any atom is 0.167 e. The maximum atomic E-state index is 6.23. The van der Waals surface area contributed by atoms with Crippen LogP contribution < -0.4 is 16.4 Å². The molecular weight excluding hydrogens is 314 g/mol. The lowest BCUT2D eigenvalue weighted by molar-refractivity contribution is 0.359. The molecule has 0 heterocycles. The van der Waals surface area contributed by atoms with Crippen LogP contribution in [0.4, 0.5) is 0 Å². The first-order valence-electron chi connectivity index (χ1n) is 8.66. The standard InChI is InChI=1S/C20H25N3S/c21-17-13-7-8-14-18(17)22-20(24)23-19(15-9-3-1-4-10-15)16-11-5-2-6-12-16/h1-6,9-12,17-19H,7-8,13-14,21H2,(H2,22,23,24)/t17-,18-/m0/s1. The molecule has 0 saturated heterocycles. The lowest BCUT2D eigenvalue weighted by Crippen LogP contribution is -2.52. The summed E-state index contributed by atoms with van der Waals surface area (Å²) in [6.45, 7) is 0.